The van der Waals surface area contributed by atoms with E-state index in [1.165, 1.54) is 0 Å². The van der Waals surface area contributed by atoms with Gasteiger partial charge in [0.2, 0.25) is 5.91 Å². The van der Waals surface area contributed by atoms with Gasteiger partial charge in [-0.25, -0.2) is 5.43 Å². The molecule has 0 aliphatic carbocycles. The largest absolute Gasteiger partial charge is 0.273 e. The molecule has 0 aliphatic heterocycles. The second-order valence-electron chi connectivity index (χ2n) is 3.66. The SMILES string of the molecule is CCCCCC(=O)N/N=C\c1ccccc1. The molecule has 86 valence electrons. The zero-order valence-electron chi connectivity index (χ0n) is 9.65. The van der Waals surface area contributed by atoms with Crippen LogP contribution in [0.25, 0.3) is 0 Å². The van der Waals surface area contributed by atoms with Crippen molar-refractivity contribution in [3.63, 3.8) is 0 Å². The fourth-order valence-electron chi connectivity index (χ4n) is 1.31. The van der Waals surface area contributed by atoms with Crippen molar-refractivity contribution in [2.75, 3.05) is 0 Å². The Bertz CT molecular complexity index is 333. The molecule has 16 heavy (non-hydrogen) atoms. The molecule has 0 saturated heterocycles. The Morgan fingerprint density at radius 3 is 2.75 bits per heavy atom. The fourth-order valence-corrected chi connectivity index (χ4v) is 1.31. The van der Waals surface area contributed by atoms with Crippen molar-refractivity contribution < 1.29 is 4.79 Å². The van der Waals surface area contributed by atoms with E-state index in [1.54, 1.807) is 6.21 Å². The summed E-state index contributed by atoms with van der Waals surface area (Å²) in [4.78, 5) is 11.3. The third-order valence-electron chi connectivity index (χ3n) is 2.21. The Morgan fingerprint density at radius 1 is 1.31 bits per heavy atom. The Balaban J connectivity index is 2.24. The van der Waals surface area contributed by atoms with E-state index in [0.717, 1.165) is 24.8 Å². The predicted molar refractivity (Wildman–Crippen MR) is 66.3 cm³/mol. The minimum atomic E-state index is -0.0133. The number of nitrogens with zero attached hydrogens (tertiary/aromatic N) is 1. The van der Waals surface area contributed by atoms with Crippen molar-refractivity contribution in [1.29, 1.82) is 0 Å². The number of carbonyl (C=O) groups is 1. The molecule has 0 saturated carbocycles. The van der Waals surface area contributed by atoms with Crippen LogP contribution in [-0.2, 0) is 4.79 Å². The molecule has 1 aromatic rings. The Morgan fingerprint density at radius 2 is 2.06 bits per heavy atom. The molecule has 1 amide bonds. The summed E-state index contributed by atoms with van der Waals surface area (Å²) in [5, 5.41) is 3.90. The van der Waals surface area contributed by atoms with E-state index in [0.29, 0.717) is 6.42 Å². The van der Waals surface area contributed by atoms with Crippen LogP contribution in [0.2, 0.25) is 0 Å². The highest BCUT2D eigenvalue weighted by molar-refractivity contribution is 5.82. The summed E-state index contributed by atoms with van der Waals surface area (Å²) in [6.45, 7) is 2.12. The van der Waals surface area contributed by atoms with Gasteiger partial charge in [-0.15, -0.1) is 0 Å². The van der Waals surface area contributed by atoms with E-state index in [9.17, 15) is 4.79 Å². The zero-order valence-corrected chi connectivity index (χ0v) is 9.65. The van der Waals surface area contributed by atoms with Crippen LogP contribution in [0.5, 0.6) is 0 Å². The quantitative estimate of drug-likeness (QED) is 0.445. The predicted octanol–water partition coefficient (Wildman–Crippen LogP) is 2.72. The number of rotatable bonds is 6. The number of carbonyl (C=O) groups excluding carboxylic acids is 1. The van der Waals surface area contributed by atoms with Crippen LogP contribution in [0.3, 0.4) is 0 Å². The minimum Gasteiger partial charge on any atom is -0.273 e. The van der Waals surface area contributed by atoms with Gasteiger partial charge >= 0.3 is 0 Å². The van der Waals surface area contributed by atoms with Crippen molar-refractivity contribution in [1.82, 2.24) is 5.43 Å². The number of hydrogen-bond acceptors (Lipinski definition) is 2. The monoisotopic (exact) mass is 218 g/mol. The molecular weight excluding hydrogens is 200 g/mol. The molecule has 0 spiro atoms. The molecule has 0 unspecified atom stereocenters. The first-order chi connectivity index (χ1) is 7.83. The standard InChI is InChI=1S/C13H18N2O/c1-2-3-5-10-13(16)15-14-11-12-8-6-4-7-9-12/h4,6-9,11H,2-3,5,10H2,1H3,(H,15,16)/b14-11-. The van der Waals surface area contributed by atoms with Gasteiger partial charge < -0.3 is 0 Å². The second-order valence-corrected chi connectivity index (χ2v) is 3.66. The fraction of sp³-hybridized carbons (Fsp3) is 0.385. The number of benzene rings is 1. The van der Waals surface area contributed by atoms with Crippen LogP contribution < -0.4 is 5.43 Å². The first-order valence-electron chi connectivity index (χ1n) is 5.70. The average Bonchev–Trinajstić information content (AvgIpc) is 2.31. The van der Waals surface area contributed by atoms with Gasteiger partial charge in [-0.05, 0) is 12.0 Å². The van der Waals surface area contributed by atoms with Gasteiger partial charge in [0.25, 0.3) is 0 Å². The summed E-state index contributed by atoms with van der Waals surface area (Å²) in [6.07, 6.45) is 5.36. The van der Waals surface area contributed by atoms with Crippen LogP contribution in [0.15, 0.2) is 35.4 Å². The lowest BCUT2D eigenvalue weighted by Gasteiger charge is -1.98. The van der Waals surface area contributed by atoms with Gasteiger partial charge in [-0.1, -0.05) is 50.1 Å². The van der Waals surface area contributed by atoms with E-state index >= 15 is 0 Å². The molecule has 1 rings (SSSR count). The summed E-state index contributed by atoms with van der Waals surface area (Å²) >= 11 is 0. The lowest BCUT2D eigenvalue weighted by Crippen LogP contribution is -2.16. The van der Waals surface area contributed by atoms with Gasteiger partial charge in [-0.3, -0.25) is 4.79 Å². The highest BCUT2D eigenvalue weighted by Gasteiger charge is 1.97. The molecular formula is C13H18N2O. The average molecular weight is 218 g/mol. The third kappa shape index (κ3) is 5.29. The molecule has 0 heterocycles. The third-order valence-corrected chi connectivity index (χ3v) is 2.21. The van der Waals surface area contributed by atoms with Gasteiger partial charge in [0.15, 0.2) is 0 Å². The maximum absolute atomic E-state index is 11.3. The number of nitrogens with one attached hydrogen (secondary N) is 1. The smallest absolute Gasteiger partial charge is 0.240 e. The van der Waals surface area contributed by atoms with Gasteiger partial charge in [0, 0.05) is 6.42 Å². The molecule has 1 aromatic carbocycles. The van der Waals surface area contributed by atoms with E-state index < -0.39 is 0 Å². The van der Waals surface area contributed by atoms with Crippen molar-refractivity contribution >= 4 is 12.1 Å². The first-order valence-corrected chi connectivity index (χ1v) is 5.70. The van der Waals surface area contributed by atoms with Crippen LogP contribution in [0, 0.1) is 0 Å². The number of hydrogen-bond donors (Lipinski definition) is 1. The van der Waals surface area contributed by atoms with Crippen molar-refractivity contribution in [3.05, 3.63) is 35.9 Å². The normalized spacial score (nSPS) is 10.6. The molecule has 0 fully saturated rings. The molecule has 3 heteroatoms. The molecule has 3 nitrogen and oxygen atoms in total. The van der Waals surface area contributed by atoms with Gasteiger partial charge in [-0.2, -0.15) is 5.10 Å². The number of amides is 1. The summed E-state index contributed by atoms with van der Waals surface area (Å²) in [5.74, 6) is -0.0133. The lowest BCUT2D eigenvalue weighted by molar-refractivity contribution is -0.121. The summed E-state index contributed by atoms with van der Waals surface area (Å²) in [6, 6.07) is 9.69. The minimum absolute atomic E-state index is 0.0133. The Kier molecular flexibility index (Phi) is 5.92. The summed E-state index contributed by atoms with van der Waals surface area (Å²) in [7, 11) is 0. The Labute approximate surface area is 96.6 Å². The maximum Gasteiger partial charge on any atom is 0.240 e. The molecule has 0 bridgehead atoms. The van der Waals surface area contributed by atoms with Gasteiger partial charge in [0.1, 0.15) is 0 Å². The van der Waals surface area contributed by atoms with Crippen LogP contribution in [0.1, 0.15) is 38.2 Å². The maximum atomic E-state index is 11.3. The Hall–Kier alpha value is -1.64. The summed E-state index contributed by atoms with van der Waals surface area (Å²) in [5.41, 5.74) is 3.50. The molecule has 1 N–H and O–H groups in total. The van der Waals surface area contributed by atoms with Crippen molar-refractivity contribution in [3.8, 4) is 0 Å². The van der Waals surface area contributed by atoms with Crippen LogP contribution >= 0.6 is 0 Å². The summed E-state index contributed by atoms with van der Waals surface area (Å²) < 4.78 is 0. The molecule has 0 radical (unpaired) electrons. The van der Waals surface area contributed by atoms with Crippen LogP contribution in [-0.4, -0.2) is 12.1 Å². The topological polar surface area (TPSA) is 41.5 Å². The highest BCUT2D eigenvalue weighted by Crippen LogP contribution is 1.98. The van der Waals surface area contributed by atoms with Crippen LogP contribution in [0.4, 0.5) is 0 Å². The van der Waals surface area contributed by atoms with E-state index in [4.69, 9.17) is 0 Å². The van der Waals surface area contributed by atoms with Gasteiger partial charge in [0.05, 0.1) is 6.21 Å². The lowest BCUT2D eigenvalue weighted by atomic mass is 10.2. The number of hydrazone groups is 1. The van der Waals surface area contributed by atoms with E-state index in [1.807, 2.05) is 30.3 Å². The highest BCUT2D eigenvalue weighted by atomic mass is 16.2. The van der Waals surface area contributed by atoms with E-state index in [-0.39, 0.29) is 5.91 Å². The van der Waals surface area contributed by atoms with Crippen molar-refractivity contribution in [2.45, 2.75) is 32.6 Å². The second kappa shape index (κ2) is 7.63. The molecule has 0 aliphatic rings. The number of unbranched alkanes of at least 4 members (excludes halogenated alkanes) is 2. The molecule has 0 atom stereocenters. The molecule has 0 aromatic heterocycles. The zero-order chi connectivity index (χ0) is 11.6. The first kappa shape index (κ1) is 12.4. The van der Waals surface area contributed by atoms with E-state index in [2.05, 4.69) is 17.5 Å². The van der Waals surface area contributed by atoms with Crippen molar-refractivity contribution in [2.24, 2.45) is 5.10 Å².